The lowest BCUT2D eigenvalue weighted by Crippen LogP contribution is -2.67. The molecular weight excluding hydrogens is 328 g/mol. The van der Waals surface area contributed by atoms with Crippen molar-refractivity contribution in [3.8, 4) is 0 Å². The smallest absolute Gasteiger partial charge is 0.320 e. The van der Waals surface area contributed by atoms with Gasteiger partial charge in [-0.15, -0.1) is 0 Å². The SMILES string of the molecule is CC1(CS(C)(=O)=O)CN(C(=O)N2CC(C)(CS(C)(=O)=O)C2)C1. The highest BCUT2D eigenvalue weighted by atomic mass is 32.2. The van der Waals surface area contributed by atoms with Gasteiger partial charge in [-0.2, -0.15) is 0 Å². The highest BCUT2D eigenvalue weighted by molar-refractivity contribution is 7.90. The lowest BCUT2D eigenvalue weighted by Gasteiger charge is -2.54. The molecule has 0 radical (unpaired) electrons. The quantitative estimate of drug-likeness (QED) is 0.701. The van der Waals surface area contributed by atoms with E-state index < -0.39 is 19.7 Å². The molecule has 7 nitrogen and oxygen atoms in total. The first kappa shape index (κ1) is 17.5. The van der Waals surface area contributed by atoms with Crippen molar-refractivity contribution in [1.29, 1.82) is 0 Å². The number of amides is 2. The average Bonchev–Trinajstić information content (AvgIpc) is 2.16. The molecule has 9 heteroatoms. The predicted molar refractivity (Wildman–Crippen MR) is 84.2 cm³/mol. The van der Waals surface area contributed by atoms with Crippen molar-refractivity contribution in [2.75, 3.05) is 50.2 Å². The van der Waals surface area contributed by atoms with Crippen LogP contribution in [0.2, 0.25) is 0 Å². The normalized spacial score (nSPS) is 23.6. The molecule has 0 aromatic heterocycles. The first-order chi connectivity index (χ1) is 9.71. The van der Waals surface area contributed by atoms with Crippen molar-refractivity contribution in [3.63, 3.8) is 0 Å². The number of urea groups is 1. The van der Waals surface area contributed by atoms with Crippen LogP contribution in [0.5, 0.6) is 0 Å². The van der Waals surface area contributed by atoms with E-state index in [-0.39, 0.29) is 28.4 Å². The van der Waals surface area contributed by atoms with Gasteiger partial charge in [0.2, 0.25) is 0 Å². The molecule has 2 fully saturated rings. The predicted octanol–water partition coefficient (Wildman–Crippen LogP) is -0.161. The molecule has 0 aromatic rings. The molecule has 2 heterocycles. The Labute approximate surface area is 132 Å². The molecule has 0 aliphatic carbocycles. The van der Waals surface area contributed by atoms with Crippen molar-refractivity contribution >= 4 is 25.7 Å². The van der Waals surface area contributed by atoms with Crippen molar-refractivity contribution in [1.82, 2.24) is 9.80 Å². The molecule has 128 valence electrons. The summed E-state index contributed by atoms with van der Waals surface area (Å²) in [4.78, 5) is 15.5. The molecule has 0 aromatic carbocycles. The van der Waals surface area contributed by atoms with Crippen molar-refractivity contribution in [2.24, 2.45) is 10.8 Å². The molecule has 0 bridgehead atoms. The Morgan fingerprint density at radius 3 is 1.32 bits per heavy atom. The Bertz CT molecular complexity index is 613. The van der Waals surface area contributed by atoms with Crippen LogP contribution in [0.15, 0.2) is 0 Å². The van der Waals surface area contributed by atoms with Gasteiger partial charge in [0.15, 0.2) is 0 Å². The van der Waals surface area contributed by atoms with Crippen molar-refractivity contribution in [2.45, 2.75) is 13.8 Å². The summed E-state index contributed by atoms with van der Waals surface area (Å²) in [6.07, 6.45) is 2.41. The summed E-state index contributed by atoms with van der Waals surface area (Å²) in [6, 6.07) is -0.128. The number of sulfone groups is 2. The Balaban J connectivity index is 1.85. The van der Waals surface area contributed by atoms with E-state index in [4.69, 9.17) is 0 Å². The molecular formula is C13H24N2O5S2. The fourth-order valence-electron chi connectivity index (χ4n) is 3.67. The molecule has 0 unspecified atom stereocenters. The highest BCUT2D eigenvalue weighted by Crippen LogP contribution is 2.36. The van der Waals surface area contributed by atoms with Crippen LogP contribution in [0.1, 0.15) is 13.8 Å². The lowest BCUT2D eigenvalue weighted by molar-refractivity contribution is 0.00148. The van der Waals surface area contributed by atoms with Gasteiger partial charge in [0, 0.05) is 49.5 Å². The maximum absolute atomic E-state index is 12.3. The van der Waals surface area contributed by atoms with E-state index in [1.165, 1.54) is 12.5 Å². The molecule has 0 saturated carbocycles. The first-order valence-corrected chi connectivity index (χ1v) is 11.2. The van der Waals surface area contributed by atoms with Crippen molar-refractivity contribution in [3.05, 3.63) is 0 Å². The molecule has 2 aliphatic heterocycles. The minimum Gasteiger partial charge on any atom is -0.323 e. The summed E-state index contributed by atoms with van der Waals surface area (Å²) in [5.74, 6) is 0.158. The molecule has 2 amide bonds. The third-order valence-corrected chi connectivity index (χ3v) is 6.50. The second kappa shape index (κ2) is 5.09. The van der Waals surface area contributed by atoms with Gasteiger partial charge in [-0.05, 0) is 0 Å². The fourth-order valence-corrected chi connectivity index (χ4v) is 6.57. The summed E-state index contributed by atoms with van der Waals surface area (Å²) >= 11 is 0. The van der Waals surface area contributed by atoms with E-state index in [0.29, 0.717) is 26.2 Å². The van der Waals surface area contributed by atoms with Crippen LogP contribution in [-0.2, 0) is 19.7 Å². The number of nitrogens with zero attached hydrogens (tertiary/aromatic N) is 2. The third kappa shape index (κ3) is 4.13. The summed E-state index contributed by atoms with van der Waals surface area (Å²) in [5, 5.41) is 0. The van der Waals surface area contributed by atoms with Crippen LogP contribution >= 0.6 is 0 Å². The standard InChI is InChI=1S/C13H24N2O5S2/c1-12(9-21(3,17)18)5-14(6-12)11(16)15-7-13(2,8-15)10-22(4,19)20/h5-10H2,1-4H3. The van der Waals surface area contributed by atoms with Crippen LogP contribution in [0.3, 0.4) is 0 Å². The summed E-state index contributed by atoms with van der Waals surface area (Å²) < 4.78 is 45.5. The Kier molecular flexibility index (Phi) is 4.05. The molecule has 2 aliphatic rings. The van der Waals surface area contributed by atoms with Gasteiger partial charge in [0.25, 0.3) is 0 Å². The largest absolute Gasteiger partial charge is 0.323 e. The summed E-state index contributed by atoms with van der Waals surface area (Å²) in [6.45, 7) is 5.44. The molecule has 0 spiro atoms. The first-order valence-electron chi connectivity index (χ1n) is 7.10. The van der Waals surface area contributed by atoms with Gasteiger partial charge in [-0.25, -0.2) is 21.6 Å². The maximum atomic E-state index is 12.3. The van der Waals surface area contributed by atoms with Gasteiger partial charge in [-0.3, -0.25) is 0 Å². The Morgan fingerprint density at radius 2 is 1.09 bits per heavy atom. The van der Waals surface area contributed by atoms with E-state index >= 15 is 0 Å². The van der Waals surface area contributed by atoms with E-state index in [1.807, 2.05) is 13.8 Å². The second-order valence-electron chi connectivity index (χ2n) is 7.76. The van der Waals surface area contributed by atoms with E-state index in [2.05, 4.69) is 0 Å². The molecule has 2 rings (SSSR count). The van der Waals surface area contributed by atoms with Gasteiger partial charge in [0.05, 0.1) is 11.5 Å². The van der Waals surface area contributed by atoms with E-state index in [1.54, 1.807) is 9.80 Å². The van der Waals surface area contributed by atoms with Gasteiger partial charge in [0.1, 0.15) is 19.7 Å². The molecule has 22 heavy (non-hydrogen) atoms. The van der Waals surface area contributed by atoms with E-state index in [0.717, 1.165) is 0 Å². The lowest BCUT2D eigenvalue weighted by atomic mass is 9.82. The monoisotopic (exact) mass is 352 g/mol. The molecule has 2 saturated heterocycles. The third-order valence-electron chi connectivity index (χ3n) is 4.05. The van der Waals surface area contributed by atoms with Crippen LogP contribution in [0.4, 0.5) is 4.79 Å². The number of carbonyl (C=O) groups excluding carboxylic acids is 1. The Hall–Kier alpha value is -0.830. The van der Waals surface area contributed by atoms with Crippen LogP contribution in [0, 0.1) is 10.8 Å². The average molecular weight is 352 g/mol. The highest BCUT2D eigenvalue weighted by Gasteiger charge is 2.49. The number of hydrogen-bond acceptors (Lipinski definition) is 5. The topological polar surface area (TPSA) is 91.8 Å². The second-order valence-corrected chi connectivity index (χ2v) is 12.0. The zero-order valence-corrected chi connectivity index (χ0v) is 15.1. The van der Waals surface area contributed by atoms with Crippen LogP contribution in [0.25, 0.3) is 0 Å². The fraction of sp³-hybridized carbons (Fsp3) is 0.923. The van der Waals surface area contributed by atoms with Gasteiger partial charge < -0.3 is 9.80 Å². The maximum Gasteiger partial charge on any atom is 0.320 e. The minimum atomic E-state index is -3.06. The number of likely N-dealkylation sites (tertiary alicyclic amines) is 2. The Morgan fingerprint density at radius 1 is 0.818 bits per heavy atom. The zero-order valence-electron chi connectivity index (χ0n) is 13.5. The van der Waals surface area contributed by atoms with Gasteiger partial charge in [-0.1, -0.05) is 13.8 Å². The molecule has 0 atom stereocenters. The summed E-state index contributed by atoms with van der Waals surface area (Å²) in [7, 11) is -6.12. The minimum absolute atomic E-state index is 0.0789. The number of hydrogen-bond donors (Lipinski definition) is 0. The summed E-state index contributed by atoms with van der Waals surface area (Å²) in [5.41, 5.74) is -0.742. The van der Waals surface area contributed by atoms with Crippen LogP contribution < -0.4 is 0 Å². The van der Waals surface area contributed by atoms with Crippen molar-refractivity contribution < 1.29 is 21.6 Å². The zero-order chi connectivity index (χ0) is 17.0. The molecule has 0 N–H and O–H groups in total. The van der Waals surface area contributed by atoms with Gasteiger partial charge >= 0.3 is 6.03 Å². The van der Waals surface area contributed by atoms with Crippen LogP contribution in [-0.4, -0.2) is 82.9 Å². The number of rotatable bonds is 4. The number of carbonyl (C=O) groups is 1. The van der Waals surface area contributed by atoms with E-state index in [9.17, 15) is 21.6 Å².